The molecule has 0 aliphatic heterocycles. The molecule has 0 bridgehead atoms. The van der Waals surface area contributed by atoms with Crippen LogP contribution in [-0.2, 0) is 0 Å². The van der Waals surface area contributed by atoms with Crippen LogP contribution in [0.15, 0.2) is 54.2 Å². The van der Waals surface area contributed by atoms with Gasteiger partial charge in [-0.2, -0.15) is 5.26 Å². The molecule has 5 nitrogen and oxygen atoms in total. The Hall–Kier alpha value is -3.17. The summed E-state index contributed by atoms with van der Waals surface area (Å²) in [5.41, 5.74) is 5.80. The first-order valence-corrected chi connectivity index (χ1v) is 9.83. The number of anilines is 1. The van der Waals surface area contributed by atoms with Crippen LogP contribution in [0.5, 0.6) is 0 Å². The van der Waals surface area contributed by atoms with E-state index in [1.807, 2.05) is 42.5 Å². The van der Waals surface area contributed by atoms with E-state index >= 15 is 0 Å². The number of nitrogens with zero attached hydrogens (tertiary/aromatic N) is 3. The van der Waals surface area contributed by atoms with E-state index in [0.717, 1.165) is 33.5 Å². The van der Waals surface area contributed by atoms with Crippen molar-refractivity contribution in [3.8, 4) is 17.3 Å². The lowest BCUT2D eigenvalue weighted by Crippen LogP contribution is -2.08. The van der Waals surface area contributed by atoms with E-state index in [0.29, 0.717) is 5.92 Å². The highest BCUT2D eigenvalue weighted by Crippen LogP contribution is 2.42. The zero-order chi connectivity index (χ0) is 18.2. The lowest BCUT2D eigenvalue weighted by Gasteiger charge is -2.13. The Bertz CT molecular complexity index is 1130. The normalized spacial score (nSPS) is 14.8. The number of nitriles is 1. The second-order valence-corrected chi connectivity index (χ2v) is 7.70. The summed E-state index contributed by atoms with van der Waals surface area (Å²) in [4.78, 5) is 12.1. The molecule has 2 N–H and O–H groups in total. The minimum atomic E-state index is -0.420. The molecule has 4 aromatic rings. The van der Waals surface area contributed by atoms with Crippen LogP contribution < -0.4 is 5.32 Å². The molecule has 27 heavy (non-hydrogen) atoms. The molecule has 2 aromatic carbocycles. The number of fused-ring (bicyclic) bond motifs is 1. The molecular weight excluding hydrogens is 354 g/mol. The summed E-state index contributed by atoms with van der Waals surface area (Å²) in [5, 5.41) is 16.3. The average molecular weight is 371 g/mol. The zero-order valence-corrected chi connectivity index (χ0v) is 15.3. The van der Waals surface area contributed by atoms with E-state index in [-0.39, 0.29) is 0 Å². The van der Waals surface area contributed by atoms with Crippen molar-refractivity contribution in [3.05, 3.63) is 64.7 Å². The van der Waals surface area contributed by atoms with E-state index < -0.39 is 6.04 Å². The van der Waals surface area contributed by atoms with Gasteiger partial charge in [0.2, 0.25) is 0 Å². The SMILES string of the molecule is N#CC(Nc1ccc2nc[nH]c2c1)c1ccc(-c2csc(C3CC3)n2)cc1. The predicted molar refractivity (Wildman–Crippen MR) is 108 cm³/mol. The molecule has 0 radical (unpaired) electrons. The molecule has 2 aromatic heterocycles. The van der Waals surface area contributed by atoms with Crippen molar-refractivity contribution in [3.63, 3.8) is 0 Å². The fraction of sp³-hybridized carbons (Fsp3) is 0.190. The smallest absolute Gasteiger partial charge is 0.140 e. The van der Waals surface area contributed by atoms with Crippen molar-refractivity contribution in [2.45, 2.75) is 24.8 Å². The van der Waals surface area contributed by atoms with Crippen LogP contribution in [0.25, 0.3) is 22.3 Å². The monoisotopic (exact) mass is 371 g/mol. The van der Waals surface area contributed by atoms with Gasteiger partial charge in [-0.05, 0) is 36.6 Å². The Kier molecular flexibility index (Phi) is 3.88. The minimum Gasteiger partial charge on any atom is -0.366 e. The number of H-pyrrole nitrogens is 1. The zero-order valence-electron chi connectivity index (χ0n) is 14.5. The molecule has 0 spiro atoms. The van der Waals surface area contributed by atoms with E-state index in [9.17, 15) is 5.26 Å². The van der Waals surface area contributed by atoms with Crippen molar-refractivity contribution in [2.24, 2.45) is 0 Å². The largest absolute Gasteiger partial charge is 0.366 e. The highest BCUT2D eigenvalue weighted by Gasteiger charge is 2.26. The van der Waals surface area contributed by atoms with Gasteiger partial charge in [0.15, 0.2) is 0 Å². The average Bonchev–Trinajstić information content (AvgIpc) is 3.25. The molecule has 0 saturated heterocycles. The Labute approximate surface area is 160 Å². The predicted octanol–water partition coefficient (Wildman–Crippen LogP) is 5.24. The first-order chi connectivity index (χ1) is 13.3. The molecule has 1 aliphatic carbocycles. The standard InChI is InChI=1S/C21H17N5S/c22-10-19(25-16-7-8-17-18(9-16)24-12-23-17)13-1-3-14(4-2-13)20-11-27-21(26-20)15-5-6-15/h1-4,7-9,11-12,15,19,25H,5-6H2,(H,23,24). The maximum Gasteiger partial charge on any atom is 0.140 e. The van der Waals surface area contributed by atoms with Crippen molar-refractivity contribution in [1.29, 1.82) is 5.26 Å². The summed E-state index contributed by atoms with van der Waals surface area (Å²) in [6, 6.07) is 15.9. The van der Waals surface area contributed by atoms with E-state index in [4.69, 9.17) is 4.98 Å². The molecule has 6 heteroatoms. The first-order valence-electron chi connectivity index (χ1n) is 8.95. The summed E-state index contributed by atoms with van der Waals surface area (Å²) in [7, 11) is 0. The number of aromatic amines is 1. The van der Waals surface area contributed by atoms with Crippen molar-refractivity contribution < 1.29 is 0 Å². The van der Waals surface area contributed by atoms with Gasteiger partial charge in [-0.1, -0.05) is 24.3 Å². The maximum absolute atomic E-state index is 9.63. The molecule has 0 amide bonds. The van der Waals surface area contributed by atoms with Crippen LogP contribution in [0, 0.1) is 11.3 Å². The molecule has 1 unspecified atom stereocenters. The molecule has 2 heterocycles. The Morgan fingerprint density at radius 1 is 1.19 bits per heavy atom. The lowest BCUT2D eigenvalue weighted by molar-refractivity contribution is 0.998. The van der Waals surface area contributed by atoms with Crippen LogP contribution in [0.4, 0.5) is 5.69 Å². The van der Waals surface area contributed by atoms with Crippen molar-refractivity contribution in [1.82, 2.24) is 15.0 Å². The van der Waals surface area contributed by atoms with E-state index in [1.54, 1.807) is 17.7 Å². The lowest BCUT2D eigenvalue weighted by atomic mass is 10.0. The number of thiazole rings is 1. The van der Waals surface area contributed by atoms with Gasteiger partial charge in [0.25, 0.3) is 0 Å². The second-order valence-electron chi connectivity index (χ2n) is 6.81. The topological polar surface area (TPSA) is 77.4 Å². The Morgan fingerprint density at radius 3 is 2.81 bits per heavy atom. The van der Waals surface area contributed by atoms with Crippen LogP contribution in [-0.4, -0.2) is 15.0 Å². The number of benzene rings is 2. The van der Waals surface area contributed by atoms with Gasteiger partial charge in [0.05, 0.1) is 34.1 Å². The fourth-order valence-electron chi connectivity index (χ4n) is 3.17. The van der Waals surface area contributed by atoms with Crippen molar-refractivity contribution in [2.75, 3.05) is 5.32 Å². The third-order valence-electron chi connectivity index (χ3n) is 4.85. The van der Waals surface area contributed by atoms with Gasteiger partial charge < -0.3 is 10.3 Å². The van der Waals surface area contributed by atoms with Gasteiger partial charge in [-0.25, -0.2) is 9.97 Å². The number of imidazole rings is 1. The number of rotatable bonds is 5. The molecule has 1 atom stereocenters. The number of nitrogens with one attached hydrogen (secondary N) is 2. The van der Waals surface area contributed by atoms with E-state index in [1.165, 1.54) is 17.8 Å². The summed E-state index contributed by atoms with van der Waals surface area (Å²) in [6.45, 7) is 0. The van der Waals surface area contributed by atoms with Crippen LogP contribution in [0.2, 0.25) is 0 Å². The Morgan fingerprint density at radius 2 is 2.04 bits per heavy atom. The molecule has 132 valence electrons. The molecule has 1 aliphatic rings. The third kappa shape index (κ3) is 3.18. The highest BCUT2D eigenvalue weighted by molar-refractivity contribution is 7.10. The first kappa shape index (κ1) is 16.0. The van der Waals surface area contributed by atoms with Gasteiger partial charge in [0, 0.05) is 22.5 Å². The van der Waals surface area contributed by atoms with Gasteiger partial charge in [0.1, 0.15) is 6.04 Å². The van der Waals surface area contributed by atoms with Crippen LogP contribution in [0.1, 0.15) is 35.4 Å². The van der Waals surface area contributed by atoms with Crippen LogP contribution >= 0.6 is 11.3 Å². The number of hydrogen-bond donors (Lipinski definition) is 2. The van der Waals surface area contributed by atoms with Crippen molar-refractivity contribution >= 4 is 28.1 Å². The summed E-state index contributed by atoms with van der Waals surface area (Å²) in [6.07, 6.45) is 4.21. The molecule has 5 rings (SSSR count). The van der Waals surface area contributed by atoms with Crippen LogP contribution in [0.3, 0.4) is 0 Å². The molecule has 1 fully saturated rings. The molecular formula is C21H17N5S. The summed E-state index contributed by atoms with van der Waals surface area (Å²) in [5.74, 6) is 0.683. The molecule has 1 saturated carbocycles. The van der Waals surface area contributed by atoms with Gasteiger partial charge >= 0.3 is 0 Å². The Balaban J connectivity index is 1.36. The quantitative estimate of drug-likeness (QED) is 0.503. The second kappa shape index (κ2) is 6.53. The van der Waals surface area contributed by atoms with Gasteiger partial charge in [-0.3, -0.25) is 0 Å². The highest BCUT2D eigenvalue weighted by atomic mass is 32.1. The minimum absolute atomic E-state index is 0.420. The number of hydrogen-bond acceptors (Lipinski definition) is 5. The maximum atomic E-state index is 9.63. The summed E-state index contributed by atoms with van der Waals surface area (Å²) >= 11 is 1.75. The summed E-state index contributed by atoms with van der Waals surface area (Å²) < 4.78 is 0. The third-order valence-corrected chi connectivity index (χ3v) is 5.86. The fourth-order valence-corrected chi connectivity index (χ4v) is 4.17. The van der Waals surface area contributed by atoms with E-state index in [2.05, 4.69) is 26.7 Å². The number of aromatic nitrogens is 3. The van der Waals surface area contributed by atoms with Gasteiger partial charge in [-0.15, -0.1) is 11.3 Å².